The predicted molar refractivity (Wildman–Crippen MR) is 88.6 cm³/mol. The minimum atomic E-state index is -3.87. The van der Waals surface area contributed by atoms with Crippen LogP contribution in [0.15, 0.2) is 52.6 Å². The summed E-state index contributed by atoms with van der Waals surface area (Å²) >= 11 is 0. The van der Waals surface area contributed by atoms with Crippen LogP contribution < -0.4 is 0 Å². The summed E-state index contributed by atoms with van der Waals surface area (Å²) in [6.07, 6.45) is 0.602. The smallest absolute Gasteiger partial charge is 0.439 e. The molecule has 126 valence electrons. The predicted octanol–water partition coefficient (Wildman–Crippen LogP) is 4.27. The van der Waals surface area contributed by atoms with Gasteiger partial charge in [0.2, 0.25) is 0 Å². The van der Waals surface area contributed by atoms with Crippen molar-refractivity contribution >= 4 is 16.1 Å². The topological polar surface area (TPSA) is 85.2 Å². The highest BCUT2D eigenvalue weighted by Gasteiger charge is 2.26. The van der Waals surface area contributed by atoms with Gasteiger partial charge in [-0.3, -0.25) is 0 Å². The van der Waals surface area contributed by atoms with Crippen LogP contribution in [0.3, 0.4) is 0 Å². The van der Waals surface area contributed by atoms with Crippen LogP contribution in [-0.2, 0) is 14.8 Å². The second-order valence-corrected chi connectivity index (χ2v) is 7.28. The largest absolute Gasteiger partial charge is 0.453 e. The van der Waals surface area contributed by atoms with Crippen molar-refractivity contribution in [1.82, 2.24) is 0 Å². The number of carbonyl (C=O) groups excluding carboxylic acids is 1. The first kappa shape index (κ1) is 19.0. The van der Waals surface area contributed by atoms with Crippen molar-refractivity contribution in [2.75, 3.05) is 0 Å². The Morgan fingerprint density at radius 2 is 1.87 bits per heavy atom. The van der Waals surface area contributed by atoms with Gasteiger partial charge in [0.1, 0.15) is 6.10 Å². The van der Waals surface area contributed by atoms with E-state index in [0.717, 1.165) is 5.56 Å². The number of sulfonamides is 1. The van der Waals surface area contributed by atoms with Gasteiger partial charge in [0, 0.05) is 0 Å². The average Bonchev–Trinajstić information content (AvgIpc) is 2.53. The number of hydrogen-bond donors (Lipinski definition) is 0. The monoisotopic (exact) mass is 338 g/mol. The molecule has 0 spiro atoms. The third kappa shape index (κ3) is 5.94. The zero-order chi connectivity index (χ0) is 17.5. The molecule has 1 aromatic rings. The van der Waals surface area contributed by atoms with Gasteiger partial charge in [-0.25, -0.2) is 13.2 Å². The van der Waals surface area contributed by atoms with Crippen LogP contribution >= 0.6 is 0 Å². The van der Waals surface area contributed by atoms with Gasteiger partial charge in [-0.05, 0) is 31.7 Å². The summed E-state index contributed by atoms with van der Waals surface area (Å²) in [4.78, 5) is 11.6. The van der Waals surface area contributed by atoms with Crippen LogP contribution in [0, 0.1) is 5.92 Å². The van der Waals surface area contributed by atoms with Gasteiger partial charge in [-0.1, -0.05) is 53.0 Å². The van der Waals surface area contributed by atoms with E-state index in [4.69, 9.17) is 4.74 Å². The Hall–Kier alpha value is -2.02. The van der Waals surface area contributed by atoms with Crippen LogP contribution in [0.25, 0.3) is 0 Å². The van der Waals surface area contributed by atoms with E-state index < -0.39 is 27.5 Å². The SMILES string of the molecule is C=CC[C@H](C)[C@@H](C)S(=O)(=O)N=NC(=O)O[C@@H](C)c1ccccc1. The van der Waals surface area contributed by atoms with Crippen molar-refractivity contribution in [2.24, 2.45) is 15.6 Å². The number of amides is 1. The third-order valence-corrected chi connectivity index (χ3v) is 5.31. The molecular formula is C16H22N2O4S. The number of ether oxygens (including phenoxy) is 1. The van der Waals surface area contributed by atoms with E-state index in [0.29, 0.717) is 6.42 Å². The number of rotatable bonds is 7. The minimum absolute atomic E-state index is 0.171. The highest BCUT2D eigenvalue weighted by Crippen LogP contribution is 2.19. The van der Waals surface area contributed by atoms with Crippen LogP contribution in [0.4, 0.5) is 4.79 Å². The summed E-state index contributed by atoms with van der Waals surface area (Å²) < 4.78 is 32.2. The van der Waals surface area contributed by atoms with Crippen molar-refractivity contribution in [1.29, 1.82) is 0 Å². The van der Waals surface area contributed by atoms with Crippen molar-refractivity contribution < 1.29 is 17.9 Å². The molecule has 1 aromatic carbocycles. The molecule has 0 bridgehead atoms. The zero-order valence-corrected chi connectivity index (χ0v) is 14.4. The average molecular weight is 338 g/mol. The first-order valence-corrected chi connectivity index (χ1v) is 8.81. The van der Waals surface area contributed by atoms with Gasteiger partial charge in [-0.2, -0.15) is 0 Å². The summed E-state index contributed by atoms with van der Waals surface area (Å²) in [6.45, 7) is 8.55. The van der Waals surface area contributed by atoms with Gasteiger partial charge < -0.3 is 4.74 Å². The van der Waals surface area contributed by atoms with Crippen molar-refractivity contribution in [3.63, 3.8) is 0 Å². The van der Waals surface area contributed by atoms with E-state index in [1.165, 1.54) is 6.92 Å². The summed E-state index contributed by atoms with van der Waals surface area (Å²) in [5.74, 6) is -0.171. The van der Waals surface area contributed by atoms with Crippen LogP contribution in [0.5, 0.6) is 0 Å². The van der Waals surface area contributed by atoms with Gasteiger partial charge in [0.25, 0.3) is 10.0 Å². The Kier molecular flexibility index (Phi) is 7.09. The van der Waals surface area contributed by atoms with Crippen molar-refractivity contribution in [2.45, 2.75) is 38.5 Å². The van der Waals surface area contributed by atoms with Crippen molar-refractivity contribution in [3.05, 3.63) is 48.6 Å². The quantitative estimate of drug-likeness (QED) is 0.549. The van der Waals surface area contributed by atoms with Crippen LogP contribution in [0.2, 0.25) is 0 Å². The number of hydrogen-bond acceptors (Lipinski definition) is 4. The fraction of sp³-hybridized carbons (Fsp3) is 0.438. The molecule has 1 amide bonds. The summed E-state index contributed by atoms with van der Waals surface area (Å²) in [6, 6.07) is 9.06. The highest BCUT2D eigenvalue weighted by atomic mass is 32.2. The molecule has 0 saturated heterocycles. The molecule has 0 saturated carbocycles. The number of nitrogens with zero attached hydrogens (tertiary/aromatic N) is 2. The Morgan fingerprint density at radius 1 is 1.26 bits per heavy atom. The summed E-state index contributed by atoms with van der Waals surface area (Å²) in [5.41, 5.74) is 0.784. The maximum atomic E-state index is 12.0. The molecule has 0 radical (unpaired) electrons. The summed E-state index contributed by atoms with van der Waals surface area (Å²) in [7, 11) is -3.87. The molecular weight excluding hydrogens is 316 g/mol. The van der Waals surface area contributed by atoms with Gasteiger partial charge in [-0.15, -0.1) is 6.58 Å². The van der Waals surface area contributed by atoms with Crippen molar-refractivity contribution in [3.8, 4) is 0 Å². The molecule has 0 aromatic heterocycles. The Morgan fingerprint density at radius 3 is 2.43 bits per heavy atom. The van der Waals surface area contributed by atoms with E-state index in [9.17, 15) is 13.2 Å². The van der Waals surface area contributed by atoms with E-state index in [1.54, 1.807) is 32.1 Å². The molecule has 1 rings (SSSR count). The van der Waals surface area contributed by atoms with E-state index in [2.05, 4.69) is 16.2 Å². The fourth-order valence-electron chi connectivity index (χ4n) is 1.88. The lowest BCUT2D eigenvalue weighted by Gasteiger charge is -2.15. The van der Waals surface area contributed by atoms with Crippen LogP contribution in [-0.4, -0.2) is 19.8 Å². The van der Waals surface area contributed by atoms with Gasteiger partial charge in [0.05, 0.1) is 5.25 Å². The van der Waals surface area contributed by atoms with E-state index in [-0.39, 0.29) is 5.92 Å². The maximum absolute atomic E-state index is 12.0. The maximum Gasteiger partial charge on any atom is 0.453 e. The second kappa shape index (κ2) is 8.57. The number of allylic oxidation sites excluding steroid dienone is 1. The second-order valence-electron chi connectivity index (χ2n) is 5.34. The Bertz CT molecular complexity index is 656. The fourth-order valence-corrected chi connectivity index (χ4v) is 2.91. The third-order valence-electron chi connectivity index (χ3n) is 3.59. The molecule has 23 heavy (non-hydrogen) atoms. The summed E-state index contributed by atoms with van der Waals surface area (Å²) in [5, 5.41) is 2.41. The number of benzene rings is 1. The highest BCUT2D eigenvalue weighted by molar-refractivity contribution is 7.90. The van der Waals surface area contributed by atoms with E-state index >= 15 is 0 Å². The Balaban J connectivity index is 2.68. The molecule has 0 N–H and O–H groups in total. The zero-order valence-electron chi connectivity index (χ0n) is 13.5. The normalized spacial score (nSPS) is 15.8. The molecule has 0 fully saturated rings. The van der Waals surface area contributed by atoms with Gasteiger partial charge >= 0.3 is 6.09 Å². The standard InChI is InChI=1S/C16H22N2O4S/c1-5-9-12(2)14(4)23(20,21)18-17-16(19)22-13(3)15-10-7-6-8-11-15/h5-8,10-14H,1,9H2,2-4H3/t12-,13-,14+/m0/s1. The lowest BCUT2D eigenvalue weighted by Crippen LogP contribution is -2.23. The molecule has 3 atom stereocenters. The molecule has 6 nitrogen and oxygen atoms in total. The number of carbonyl (C=O) groups is 1. The first-order chi connectivity index (χ1) is 10.8. The minimum Gasteiger partial charge on any atom is -0.439 e. The lowest BCUT2D eigenvalue weighted by molar-refractivity contribution is 0.115. The van der Waals surface area contributed by atoms with E-state index in [1.807, 2.05) is 18.2 Å². The molecule has 0 aliphatic heterocycles. The molecule has 7 heteroatoms. The Labute approximate surface area is 137 Å². The molecule has 0 aliphatic rings. The van der Waals surface area contributed by atoms with Gasteiger partial charge in [0.15, 0.2) is 0 Å². The first-order valence-electron chi connectivity index (χ1n) is 7.31. The molecule has 0 heterocycles. The molecule has 0 aliphatic carbocycles. The van der Waals surface area contributed by atoms with Crippen LogP contribution in [0.1, 0.15) is 38.9 Å². The molecule has 0 unspecified atom stereocenters. The lowest BCUT2D eigenvalue weighted by atomic mass is 10.1.